The molecule has 90 valence electrons. The van der Waals surface area contributed by atoms with Crippen molar-refractivity contribution in [2.45, 2.75) is 13.3 Å². The van der Waals surface area contributed by atoms with Gasteiger partial charge in [-0.2, -0.15) is 0 Å². The largest absolute Gasteiger partial charge is 0.496 e. The van der Waals surface area contributed by atoms with Crippen molar-refractivity contribution in [2.75, 3.05) is 7.11 Å². The third-order valence-corrected chi connectivity index (χ3v) is 2.15. The Morgan fingerprint density at radius 2 is 2.12 bits per heavy atom. The highest BCUT2D eigenvalue weighted by Crippen LogP contribution is 2.17. The quantitative estimate of drug-likeness (QED) is 0.445. The molecule has 3 nitrogen and oxygen atoms in total. The molecule has 0 unspecified atom stereocenters. The molecule has 17 heavy (non-hydrogen) atoms. The van der Waals surface area contributed by atoms with Gasteiger partial charge in [0.15, 0.2) is 0 Å². The third-order valence-electron chi connectivity index (χ3n) is 2.15. The lowest BCUT2D eigenvalue weighted by molar-refractivity contribution is -0.133. The maximum absolute atomic E-state index is 11.1. The number of hydrogen-bond acceptors (Lipinski definition) is 3. The van der Waals surface area contributed by atoms with E-state index < -0.39 is 5.97 Å². The number of allylic oxidation sites excluding steroid dienone is 1. The molecule has 0 aliphatic rings. The zero-order chi connectivity index (χ0) is 12.7. The van der Waals surface area contributed by atoms with Gasteiger partial charge in [-0.3, -0.25) is 0 Å². The van der Waals surface area contributed by atoms with Crippen molar-refractivity contribution in [3.8, 4) is 5.75 Å². The number of para-hydroxylation sites is 1. The van der Waals surface area contributed by atoms with Crippen molar-refractivity contribution in [1.29, 1.82) is 0 Å². The molecule has 0 aromatic heterocycles. The number of ether oxygens (including phenoxy) is 2. The zero-order valence-corrected chi connectivity index (χ0v) is 10.1. The van der Waals surface area contributed by atoms with E-state index in [2.05, 4.69) is 6.58 Å². The summed E-state index contributed by atoms with van der Waals surface area (Å²) in [5.41, 5.74) is 1.42. The van der Waals surface area contributed by atoms with Gasteiger partial charge in [0.25, 0.3) is 0 Å². The Bertz CT molecular complexity index is 433. The molecule has 0 spiro atoms. The number of hydrogen-bond donors (Lipinski definition) is 0. The van der Waals surface area contributed by atoms with Crippen LogP contribution >= 0.6 is 0 Å². The second kappa shape index (κ2) is 6.53. The van der Waals surface area contributed by atoms with E-state index in [1.54, 1.807) is 20.1 Å². The normalized spacial score (nSPS) is 10.2. The number of rotatable bonds is 5. The second-order valence-corrected chi connectivity index (χ2v) is 3.57. The molecule has 0 aliphatic carbocycles. The molecule has 1 rings (SSSR count). The molecule has 0 saturated heterocycles. The van der Waals surface area contributed by atoms with Crippen LogP contribution in [0.2, 0.25) is 0 Å². The number of methoxy groups -OCH3 is 1. The van der Waals surface area contributed by atoms with Crippen LogP contribution in [-0.4, -0.2) is 13.1 Å². The Morgan fingerprint density at radius 1 is 1.41 bits per heavy atom. The average Bonchev–Trinajstić information content (AvgIpc) is 2.34. The number of esters is 1. The predicted molar refractivity (Wildman–Crippen MR) is 66.7 cm³/mol. The molecule has 0 aliphatic heterocycles. The second-order valence-electron chi connectivity index (χ2n) is 3.57. The van der Waals surface area contributed by atoms with Gasteiger partial charge in [0.05, 0.1) is 13.4 Å². The topological polar surface area (TPSA) is 35.5 Å². The van der Waals surface area contributed by atoms with Crippen molar-refractivity contribution >= 4 is 5.97 Å². The standard InChI is InChI=1S/C14H16O3/c1-11(2)14(15)17-10-6-8-12-7-4-5-9-13(12)16-3/h4-7,9-10H,1,8H2,2-3H3. The van der Waals surface area contributed by atoms with Crippen molar-refractivity contribution in [2.24, 2.45) is 0 Å². The Morgan fingerprint density at radius 3 is 2.76 bits per heavy atom. The smallest absolute Gasteiger partial charge is 0.337 e. The highest BCUT2D eigenvalue weighted by molar-refractivity contribution is 5.87. The molecule has 0 atom stereocenters. The fourth-order valence-corrected chi connectivity index (χ4v) is 1.26. The lowest BCUT2D eigenvalue weighted by atomic mass is 10.1. The minimum Gasteiger partial charge on any atom is -0.496 e. The van der Waals surface area contributed by atoms with E-state index in [9.17, 15) is 4.79 Å². The molecule has 0 amide bonds. The first-order chi connectivity index (χ1) is 8.15. The molecule has 0 fully saturated rings. The molecule has 0 radical (unpaired) electrons. The van der Waals surface area contributed by atoms with Crippen LogP contribution in [0, 0.1) is 0 Å². The molecule has 0 N–H and O–H groups in total. The monoisotopic (exact) mass is 232 g/mol. The van der Waals surface area contributed by atoms with E-state index in [1.807, 2.05) is 24.3 Å². The van der Waals surface area contributed by atoms with Gasteiger partial charge in [-0.15, -0.1) is 0 Å². The van der Waals surface area contributed by atoms with E-state index in [4.69, 9.17) is 9.47 Å². The van der Waals surface area contributed by atoms with E-state index in [0.29, 0.717) is 12.0 Å². The van der Waals surface area contributed by atoms with Crippen LogP contribution in [-0.2, 0) is 16.0 Å². The van der Waals surface area contributed by atoms with Gasteiger partial charge < -0.3 is 9.47 Å². The number of benzene rings is 1. The number of carbonyl (C=O) groups excluding carboxylic acids is 1. The van der Waals surface area contributed by atoms with Crippen molar-refractivity contribution in [3.63, 3.8) is 0 Å². The van der Waals surface area contributed by atoms with Crippen LogP contribution in [0.3, 0.4) is 0 Å². The minimum atomic E-state index is -0.415. The van der Waals surface area contributed by atoms with Crippen LogP contribution < -0.4 is 4.74 Å². The summed E-state index contributed by atoms with van der Waals surface area (Å²) in [7, 11) is 1.63. The first-order valence-electron chi connectivity index (χ1n) is 5.28. The highest BCUT2D eigenvalue weighted by atomic mass is 16.5. The van der Waals surface area contributed by atoms with Crippen LogP contribution in [0.5, 0.6) is 5.75 Å². The van der Waals surface area contributed by atoms with Crippen molar-refractivity contribution < 1.29 is 14.3 Å². The maximum Gasteiger partial charge on any atom is 0.337 e. The first kappa shape index (κ1) is 13.0. The molecule has 1 aromatic carbocycles. The molecule has 3 heteroatoms. The third kappa shape index (κ3) is 4.15. The summed E-state index contributed by atoms with van der Waals surface area (Å²) in [5, 5.41) is 0. The summed E-state index contributed by atoms with van der Waals surface area (Å²) in [5.74, 6) is 0.407. The van der Waals surface area contributed by atoms with Gasteiger partial charge in [-0.25, -0.2) is 4.79 Å². The van der Waals surface area contributed by atoms with Gasteiger partial charge in [-0.1, -0.05) is 24.8 Å². The van der Waals surface area contributed by atoms with Gasteiger partial charge in [0.2, 0.25) is 0 Å². The summed E-state index contributed by atoms with van der Waals surface area (Å²) < 4.78 is 10.0. The van der Waals surface area contributed by atoms with Gasteiger partial charge in [0, 0.05) is 5.57 Å². The summed E-state index contributed by atoms with van der Waals surface area (Å²) in [4.78, 5) is 11.1. The predicted octanol–water partition coefficient (Wildman–Crippen LogP) is 2.87. The Hall–Kier alpha value is -2.03. The lowest BCUT2D eigenvalue weighted by Gasteiger charge is -2.05. The van der Waals surface area contributed by atoms with Crippen LogP contribution in [0.25, 0.3) is 0 Å². The molecule has 0 bridgehead atoms. The lowest BCUT2D eigenvalue weighted by Crippen LogP contribution is -1.99. The average molecular weight is 232 g/mol. The molecular weight excluding hydrogens is 216 g/mol. The van der Waals surface area contributed by atoms with Crippen molar-refractivity contribution in [1.82, 2.24) is 0 Å². The summed E-state index contributed by atoms with van der Waals surface area (Å²) >= 11 is 0. The van der Waals surface area contributed by atoms with Gasteiger partial charge >= 0.3 is 5.97 Å². The highest BCUT2D eigenvalue weighted by Gasteiger charge is 2.00. The molecule has 0 heterocycles. The van der Waals surface area contributed by atoms with Crippen molar-refractivity contribution in [3.05, 3.63) is 54.3 Å². The summed E-state index contributed by atoms with van der Waals surface area (Å²) in [6.45, 7) is 5.10. The van der Waals surface area contributed by atoms with Crippen LogP contribution in [0.1, 0.15) is 12.5 Å². The SMILES string of the molecule is C=C(C)C(=O)OC=CCc1ccccc1OC. The molecular formula is C14H16O3. The van der Waals surface area contributed by atoms with Gasteiger partial charge in [-0.05, 0) is 31.1 Å². The maximum atomic E-state index is 11.1. The Balaban J connectivity index is 2.53. The summed E-state index contributed by atoms with van der Waals surface area (Å²) in [6, 6.07) is 7.70. The van der Waals surface area contributed by atoms with E-state index in [1.165, 1.54) is 6.26 Å². The first-order valence-corrected chi connectivity index (χ1v) is 5.28. The van der Waals surface area contributed by atoms with Crippen LogP contribution in [0.15, 0.2) is 48.8 Å². The molecule has 0 saturated carbocycles. The molecule has 1 aromatic rings. The van der Waals surface area contributed by atoms with E-state index in [0.717, 1.165) is 11.3 Å². The Labute approximate surface area is 101 Å². The summed E-state index contributed by atoms with van der Waals surface area (Å²) in [6.07, 6.45) is 3.79. The van der Waals surface area contributed by atoms with E-state index in [-0.39, 0.29) is 0 Å². The number of carbonyl (C=O) groups is 1. The minimum absolute atomic E-state index is 0.381. The van der Waals surface area contributed by atoms with Gasteiger partial charge in [0.1, 0.15) is 5.75 Å². The Kier molecular flexibility index (Phi) is 5.01. The zero-order valence-electron chi connectivity index (χ0n) is 10.1. The fourth-order valence-electron chi connectivity index (χ4n) is 1.26. The fraction of sp³-hybridized carbons (Fsp3) is 0.214. The van der Waals surface area contributed by atoms with E-state index >= 15 is 0 Å². The van der Waals surface area contributed by atoms with Crippen LogP contribution in [0.4, 0.5) is 0 Å².